The second-order valence-corrected chi connectivity index (χ2v) is 33.0. The first-order valence-corrected chi connectivity index (χ1v) is 36.0. The fourth-order valence-electron chi connectivity index (χ4n) is 11.4. The summed E-state index contributed by atoms with van der Waals surface area (Å²) in [5, 5.41) is 19.4. The topological polar surface area (TPSA) is 235 Å². The van der Waals surface area contributed by atoms with E-state index in [-0.39, 0.29) is 23.5 Å². The number of hydrogen-bond donors (Lipinski definition) is 4. The van der Waals surface area contributed by atoms with Crippen molar-refractivity contribution in [1.29, 1.82) is 0 Å². The molecule has 0 saturated heterocycles. The highest BCUT2D eigenvalue weighted by Gasteiger charge is 2.37. The third kappa shape index (κ3) is 46.5. The van der Waals surface area contributed by atoms with Crippen LogP contribution in [0, 0.1) is 35.5 Å². The Hall–Kier alpha value is -3.29. The van der Waals surface area contributed by atoms with Crippen LogP contribution in [0.25, 0.3) is 0 Å². The molecule has 0 radical (unpaired) electrons. The van der Waals surface area contributed by atoms with Crippen LogP contribution in [0.5, 0.6) is 0 Å². The Morgan fingerprint density at radius 3 is 1.22 bits per heavy atom. The second kappa shape index (κ2) is 43.4. The molecule has 5 N–H and O–H groups in total. The van der Waals surface area contributed by atoms with E-state index in [1.54, 1.807) is 41.5 Å². The van der Waals surface area contributed by atoms with E-state index in [0.29, 0.717) is 13.0 Å². The number of aliphatic hydroxyl groups excluding tert-OH is 1. The molecule has 0 aromatic heterocycles. The lowest BCUT2D eigenvalue weighted by Crippen LogP contribution is -2.45. The number of aliphatic carboxylic acids is 1. The van der Waals surface area contributed by atoms with Crippen LogP contribution in [0.1, 0.15) is 302 Å². The Kier molecular flexibility index (Phi) is 41.7. The van der Waals surface area contributed by atoms with E-state index >= 15 is 0 Å². The third-order valence-electron chi connectivity index (χ3n) is 16.0. The summed E-state index contributed by atoms with van der Waals surface area (Å²) in [6, 6.07) is -0.651. The second-order valence-electron chi connectivity index (χ2n) is 29.6. The Morgan fingerprint density at radius 1 is 0.541 bits per heavy atom. The fraction of sp³-hybridized carbons (Fsp3) is 0.884. The van der Waals surface area contributed by atoms with Crippen LogP contribution in [0.15, 0.2) is 11.6 Å². The largest absolute Gasteiger partial charge is 0.480 e. The number of carboxylic acids is 1. The molecule has 15 nitrogen and oxygen atoms in total. The van der Waals surface area contributed by atoms with Gasteiger partial charge >= 0.3 is 30.0 Å². The first-order chi connectivity index (χ1) is 39.4. The summed E-state index contributed by atoms with van der Waals surface area (Å²) in [7, 11) is -2.92. The molecule has 0 aromatic carbocycles. The van der Waals surface area contributed by atoms with Crippen molar-refractivity contribution >= 4 is 43.4 Å². The highest BCUT2D eigenvalue weighted by Crippen LogP contribution is 2.42. The van der Waals surface area contributed by atoms with Crippen LogP contribution in [0.3, 0.4) is 0 Å². The molecule has 0 heterocycles. The number of rotatable bonds is 23. The molecule has 0 aromatic rings. The fourth-order valence-corrected chi connectivity index (χ4v) is 12.4. The van der Waals surface area contributed by atoms with E-state index in [0.717, 1.165) is 80.0 Å². The lowest BCUT2D eigenvalue weighted by Gasteiger charge is -2.27. The molecule has 85 heavy (non-hydrogen) atoms. The van der Waals surface area contributed by atoms with Crippen molar-refractivity contribution in [3.05, 3.63) is 11.6 Å². The predicted octanol–water partition coefficient (Wildman–Crippen LogP) is 17.2. The van der Waals surface area contributed by atoms with Gasteiger partial charge in [0.2, 0.25) is 0 Å². The maximum Gasteiger partial charge on any atom is 0.408 e. The van der Waals surface area contributed by atoms with Gasteiger partial charge in [0.15, 0.2) is 5.78 Å². The van der Waals surface area contributed by atoms with Gasteiger partial charge in [0.05, 0.1) is 5.92 Å². The third-order valence-corrected chi connectivity index (χ3v) is 17.6. The van der Waals surface area contributed by atoms with Crippen LogP contribution in [-0.4, -0.2) is 101 Å². The Balaban J connectivity index is 0.00000102. The standard InChI is InChI=1S/C15H28O2.C15H26O2.C13H26NO5P.C10H19NO2.C8H16O.C8H14O/c2*1-12(14(16)17-15(2,3)4)8-7-11-13-9-5-6-10-13;1-12(2,3)18-10(15)9(20(7,8)17)14-11(16)19-13(4,5)6;11-9(10(12)13)7-3-6-8-4-1-2-5-8;2*9-7-3-6-8-4-1-2-5-8/h12-13H,5-11H2,1-4H3;8,13H,5-7,9-11H2,1-4H3;9H,1-8H3,(H,14,16);8-9H,1-7,11H2,(H,12,13);8-9H,1-7H2;7-8H,1-6H2/b;12-8+;;;;. The van der Waals surface area contributed by atoms with Crippen molar-refractivity contribution in [1.82, 2.24) is 5.32 Å². The average Bonchev–Trinajstić information content (AvgIpc) is 4.46. The number of aldehydes is 1. The number of nitrogens with one attached hydrogen (secondary N) is 1. The van der Waals surface area contributed by atoms with Crippen molar-refractivity contribution in [2.24, 2.45) is 41.2 Å². The van der Waals surface area contributed by atoms with Crippen LogP contribution in [-0.2, 0) is 47.5 Å². The summed E-state index contributed by atoms with van der Waals surface area (Å²) in [6.07, 6.45) is 42.7. The van der Waals surface area contributed by atoms with Gasteiger partial charge < -0.3 is 49.6 Å². The first kappa shape index (κ1) is 81.7. The summed E-state index contributed by atoms with van der Waals surface area (Å²) in [4.78, 5) is 67.6. The lowest BCUT2D eigenvalue weighted by atomic mass is 9.96. The van der Waals surface area contributed by atoms with Crippen LogP contribution in [0.4, 0.5) is 4.79 Å². The van der Waals surface area contributed by atoms with Gasteiger partial charge in [0.25, 0.3) is 0 Å². The number of esters is 3. The number of ether oxygens (including phenoxy) is 4. The Labute approximate surface area is 518 Å². The number of carbonyl (C=O) groups excluding carboxylic acids is 5. The van der Waals surface area contributed by atoms with E-state index in [4.69, 9.17) is 34.9 Å². The number of amides is 1. The van der Waals surface area contributed by atoms with Gasteiger partial charge in [0, 0.05) is 18.6 Å². The van der Waals surface area contributed by atoms with Gasteiger partial charge in [-0.3, -0.25) is 9.59 Å². The van der Waals surface area contributed by atoms with Gasteiger partial charge in [-0.25, -0.2) is 14.4 Å². The van der Waals surface area contributed by atoms with Gasteiger partial charge in [0.1, 0.15) is 41.9 Å². The van der Waals surface area contributed by atoms with Crippen LogP contribution in [0.2, 0.25) is 0 Å². The molecule has 498 valence electrons. The minimum atomic E-state index is -2.92. The number of alkyl carbamates (subject to hydrolysis) is 1. The van der Waals surface area contributed by atoms with Crippen molar-refractivity contribution < 1.29 is 62.5 Å². The van der Waals surface area contributed by atoms with E-state index in [9.17, 15) is 33.3 Å². The Bertz CT molecular complexity index is 1910. The monoisotopic (exact) mass is 1220 g/mol. The highest BCUT2D eigenvalue weighted by atomic mass is 31.2. The minimum Gasteiger partial charge on any atom is -0.480 e. The molecule has 5 aliphatic rings. The zero-order valence-corrected chi connectivity index (χ0v) is 57.9. The number of allylic oxidation sites excluding steroid dienone is 1. The normalized spacial score (nSPS) is 18.4. The van der Waals surface area contributed by atoms with Gasteiger partial charge in [-0.2, -0.15) is 0 Å². The summed E-state index contributed by atoms with van der Waals surface area (Å²) >= 11 is 0. The molecule has 5 rings (SSSR count). The molecular weight excluding hydrogens is 1100 g/mol. The predicted molar refractivity (Wildman–Crippen MR) is 347 cm³/mol. The number of carbonyl (C=O) groups is 6. The van der Waals surface area contributed by atoms with Crippen LogP contribution >= 0.6 is 7.14 Å². The zero-order valence-electron chi connectivity index (χ0n) is 57.0. The molecule has 0 spiro atoms. The lowest BCUT2D eigenvalue weighted by molar-refractivity contribution is -0.160. The Morgan fingerprint density at radius 2 is 0.882 bits per heavy atom. The molecule has 16 heteroatoms. The van der Waals surface area contributed by atoms with E-state index in [1.807, 2.05) is 61.5 Å². The number of aliphatic hydroxyl groups is 1. The highest BCUT2D eigenvalue weighted by molar-refractivity contribution is 7.64. The number of hydrogen-bond acceptors (Lipinski definition) is 13. The molecule has 1 amide bonds. The summed E-state index contributed by atoms with van der Waals surface area (Å²) < 4.78 is 33.1. The molecule has 0 bridgehead atoms. The van der Waals surface area contributed by atoms with Gasteiger partial charge in [-0.1, -0.05) is 167 Å². The number of carboxylic acid groups (broad SMARTS) is 1. The van der Waals surface area contributed by atoms with Gasteiger partial charge in [-0.05, 0) is 178 Å². The van der Waals surface area contributed by atoms with Crippen molar-refractivity contribution in [3.63, 3.8) is 0 Å². The molecule has 5 aliphatic carbocycles. The summed E-state index contributed by atoms with van der Waals surface area (Å²) in [5.74, 6) is 1.54. The minimum absolute atomic E-state index is 0.0380. The molecule has 5 saturated carbocycles. The summed E-state index contributed by atoms with van der Waals surface area (Å²) in [6.45, 7) is 28.7. The van der Waals surface area contributed by atoms with E-state index < -0.39 is 53.8 Å². The van der Waals surface area contributed by atoms with E-state index in [1.165, 1.54) is 174 Å². The molecule has 0 aliphatic heterocycles. The SMILES string of the molecule is C/C(=C\CCC1CCCC1)C(=O)OC(C)(C)C.CC(C)(C)OC(=O)NC(C(=O)OC(C)(C)C)P(C)(C)=O.CC(CCCC1CCCC1)C(=O)OC(C)(C)C.NC(CCCC1CCCC1)C(=O)O.O=CCCC1CCCC1.OCCCC1CCCC1. The molecule has 3 unspecified atom stereocenters. The van der Waals surface area contributed by atoms with Crippen molar-refractivity contribution in [2.75, 3.05) is 19.9 Å². The molecule has 5 fully saturated rings. The average molecular weight is 1230 g/mol. The van der Waals surface area contributed by atoms with Gasteiger partial charge in [-0.15, -0.1) is 0 Å². The zero-order chi connectivity index (χ0) is 64.9. The molecular formula is C69H129N2O13P. The van der Waals surface area contributed by atoms with Crippen molar-refractivity contribution in [2.45, 2.75) is 337 Å². The maximum atomic E-state index is 12.2. The van der Waals surface area contributed by atoms with Crippen molar-refractivity contribution in [3.8, 4) is 0 Å². The van der Waals surface area contributed by atoms with Crippen LogP contribution < -0.4 is 11.1 Å². The maximum absolute atomic E-state index is 12.2. The summed E-state index contributed by atoms with van der Waals surface area (Å²) in [5.41, 5.74) is 3.99. The quantitative estimate of drug-likeness (QED) is 0.0245. The number of nitrogens with two attached hydrogens (primary N) is 1. The molecule has 3 atom stereocenters. The van der Waals surface area contributed by atoms with E-state index in [2.05, 4.69) is 5.32 Å². The smallest absolute Gasteiger partial charge is 0.408 e. The first-order valence-electron chi connectivity index (χ1n) is 33.4.